The Kier molecular flexibility index (Phi) is 3.89. The molecule has 108 valence electrons. The monoisotopic (exact) mass is 279 g/mol. The Labute approximate surface area is 116 Å². The van der Waals surface area contributed by atoms with Crippen molar-refractivity contribution >= 4 is 17.3 Å². The van der Waals surface area contributed by atoms with E-state index < -0.39 is 16.4 Å². The molecule has 0 aliphatic carbocycles. The molecule has 1 aliphatic heterocycles. The number of nitro groups is 1. The fraction of sp³-hybridized carbons (Fsp3) is 0.462. The fourth-order valence-corrected chi connectivity index (χ4v) is 2.23. The van der Waals surface area contributed by atoms with Crippen LogP contribution < -0.4 is 11.1 Å². The number of nitrogen functional groups attached to an aromatic ring is 1. The number of hydrogen-bond donors (Lipinski definition) is 2. The van der Waals surface area contributed by atoms with Gasteiger partial charge >= 0.3 is 0 Å². The number of nitro benzene ring substituents is 1. The SMILES string of the molecule is CC1(CNC(=O)c2cc(N)ccc2[N+](=O)[O-])CCCO1. The van der Waals surface area contributed by atoms with Gasteiger partial charge in [0.15, 0.2) is 0 Å². The number of rotatable bonds is 4. The molecule has 1 amide bonds. The van der Waals surface area contributed by atoms with Crippen LogP contribution in [-0.4, -0.2) is 29.6 Å². The first kappa shape index (κ1) is 14.3. The number of carbonyl (C=O) groups is 1. The molecule has 1 unspecified atom stereocenters. The zero-order valence-electron chi connectivity index (χ0n) is 11.2. The summed E-state index contributed by atoms with van der Waals surface area (Å²) in [7, 11) is 0. The predicted molar refractivity (Wildman–Crippen MR) is 73.4 cm³/mol. The molecule has 0 spiro atoms. The number of anilines is 1. The Morgan fingerprint density at radius 3 is 2.95 bits per heavy atom. The van der Waals surface area contributed by atoms with Crippen LogP contribution in [0.15, 0.2) is 18.2 Å². The molecular weight excluding hydrogens is 262 g/mol. The molecule has 3 N–H and O–H groups in total. The van der Waals surface area contributed by atoms with Gasteiger partial charge in [0, 0.05) is 24.9 Å². The van der Waals surface area contributed by atoms with Crippen LogP contribution in [0.5, 0.6) is 0 Å². The normalized spacial score (nSPS) is 21.6. The quantitative estimate of drug-likeness (QED) is 0.493. The molecule has 0 saturated carbocycles. The highest BCUT2D eigenvalue weighted by molar-refractivity contribution is 5.99. The van der Waals surface area contributed by atoms with Crippen molar-refractivity contribution in [1.82, 2.24) is 5.32 Å². The van der Waals surface area contributed by atoms with Gasteiger partial charge in [0.25, 0.3) is 11.6 Å². The van der Waals surface area contributed by atoms with Gasteiger partial charge < -0.3 is 15.8 Å². The van der Waals surface area contributed by atoms with Crippen LogP contribution in [0, 0.1) is 10.1 Å². The van der Waals surface area contributed by atoms with E-state index in [4.69, 9.17) is 10.5 Å². The number of carbonyl (C=O) groups excluding carboxylic acids is 1. The first-order chi connectivity index (χ1) is 9.41. The highest BCUT2D eigenvalue weighted by Gasteiger charge is 2.31. The van der Waals surface area contributed by atoms with Crippen molar-refractivity contribution in [3.63, 3.8) is 0 Å². The Morgan fingerprint density at radius 1 is 1.60 bits per heavy atom. The summed E-state index contributed by atoms with van der Waals surface area (Å²) in [6.07, 6.45) is 1.80. The van der Waals surface area contributed by atoms with Crippen LogP contribution in [0.3, 0.4) is 0 Å². The van der Waals surface area contributed by atoms with Gasteiger partial charge in [0.1, 0.15) is 5.56 Å². The lowest BCUT2D eigenvalue weighted by atomic mass is 10.0. The van der Waals surface area contributed by atoms with Gasteiger partial charge in [-0.15, -0.1) is 0 Å². The summed E-state index contributed by atoms with van der Waals surface area (Å²) in [4.78, 5) is 22.4. The molecule has 2 rings (SSSR count). The molecule has 0 aromatic heterocycles. The highest BCUT2D eigenvalue weighted by Crippen LogP contribution is 2.25. The van der Waals surface area contributed by atoms with Gasteiger partial charge in [0.2, 0.25) is 0 Å². The lowest BCUT2D eigenvalue weighted by Crippen LogP contribution is -2.40. The van der Waals surface area contributed by atoms with Crippen LogP contribution in [0.4, 0.5) is 11.4 Å². The summed E-state index contributed by atoms with van der Waals surface area (Å²) in [6, 6.07) is 3.94. The number of benzene rings is 1. The van der Waals surface area contributed by atoms with Gasteiger partial charge in [0.05, 0.1) is 10.5 Å². The molecule has 0 radical (unpaired) electrons. The van der Waals surface area contributed by atoms with E-state index >= 15 is 0 Å². The molecule has 1 aromatic rings. The predicted octanol–water partition coefficient (Wildman–Crippen LogP) is 1.48. The molecule has 1 heterocycles. The first-order valence-corrected chi connectivity index (χ1v) is 6.37. The summed E-state index contributed by atoms with van der Waals surface area (Å²) in [5, 5.41) is 13.6. The minimum Gasteiger partial charge on any atom is -0.399 e. The van der Waals surface area contributed by atoms with Crippen molar-refractivity contribution in [3.05, 3.63) is 33.9 Å². The van der Waals surface area contributed by atoms with Crippen molar-refractivity contribution < 1.29 is 14.5 Å². The molecule has 1 fully saturated rings. The third-order valence-corrected chi connectivity index (χ3v) is 3.39. The third-order valence-electron chi connectivity index (χ3n) is 3.39. The number of nitrogens with two attached hydrogens (primary N) is 1. The van der Waals surface area contributed by atoms with E-state index in [-0.39, 0.29) is 11.3 Å². The zero-order chi connectivity index (χ0) is 14.8. The summed E-state index contributed by atoms with van der Waals surface area (Å²) in [5.41, 5.74) is 5.21. The molecule has 20 heavy (non-hydrogen) atoms. The van der Waals surface area contributed by atoms with E-state index in [1.807, 2.05) is 6.92 Å². The van der Waals surface area contributed by atoms with E-state index in [9.17, 15) is 14.9 Å². The molecule has 7 heteroatoms. The minimum absolute atomic E-state index is 0.0309. The number of amides is 1. The minimum atomic E-state index is -0.595. The van der Waals surface area contributed by atoms with Crippen molar-refractivity contribution in [2.45, 2.75) is 25.4 Å². The maximum Gasteiger partial charge on any atom is 0.282 e. The van der Waals surface area contributed by atoms with Gasteiger partial charge in [-0.2, -0.15) is 0 Å². The Hall–Kier alpha value is -2.15. The van der Waals surface area contributed by atoms with Crippen molar-refractivity contribution in [2.24, 2.45) is 0 Å². The summed E-state index contributed by atoms with van der Waals surface area (Å²) in [5.74, 6) is -0.513. The zero-order valence-corrected chi connectivity index (χ0v) is 11.2. The highest BCUT2D eigenvalue weighted by atomic mass is 16.6. The van der Waals surface area contributed by atoms with E-state index in [0.29, 0.717) is 18.8 Å². The van der Waals surface area contributed by atoms with Crippen molar-refractivity contribution in [2.75, 3.05) is 18.9 Å². The number of nitrogens with one attached hydrogen (secondary N) is 1. The molecular formula is C13H17N3O4. The number of hydrogen-bond acceptors (Lipinski definition) is 5. The number of nitrogens with zero attached hydrogens (tertiary/aromatic N) is 1. The van der Waals surface area contributed by atoms with Gasteiger partial charge in [-0.1, -0.05) is 0 Å². The van der Waals surface area contributed by atoms with E-state index in [2.05, 4.69) is 5.32 Å². The Balaban J connectivity index is 2.12. The van der Waals surface area contributed by atoms with Gasteiger partial charge in [-0.3, -0.25) is 14.9 Å². The van der Waals surface area contributed by atoms with Gasteiger partial charge in [-0.25, -0.2) is 0 Å². The van der Waals surface area contributed by atoms with Gasteiger partial charge in [-0.05, 0) is 31.9 Å². The Morgan fingerprint density at radius 2 is 2.35 bits per heavy atom. The topological polar surface area (TPSA) is 107 Å². The van der Waals surface area contributed by atoms with E-state index in [1.165, 1.54) is 18.2 Å². The molecule has 7 nitrogen and oxygen atoms in total. The Bertz CT molecular complexity index is 538. The van der Waals surface area contributed by atoms with Crippen LogP contribution in [0.25, 0.3) is 0 Å². The molecule has 1 atom stereocenters. The van der Waals surface area contributed by atoms with E-state index in [1.54, 1.807) is 0 Å². The maximum absolute atomic E-state index is 12.1. The largest absolute Gasteiger partial charge is 0.399 e. The summed E-state index contributed by atoms with van der Waals surface area (Å²) in [6.45, 7) is 2.90. The van der Waals surface area contributed by atoms with Crippen molar-refractivity contribution in [3.8, 4) is 0 Å². The third kappa shape index (κ3) is 3.05. The van der Waals surface area contributed by atoms with Crippen LogP contribution in [0.1, 0.15) is 30.1 Å². The van der Waals surface area contributed by atoms with Crippen LogP contribution in [0.2, 0.25) is 0 Å². The molecule has 1 aromatic carbocycles. The fourth-order valence-electron chi connectivity index (χ4n) is 2.23. The first-order valence-electron chi connectivity index (χ1n) is 6.37. The molecule has 0 bridgehead atoms. The average molecular weight is 279 g/mol. The maximum atomic E-state index is 12.1. The smallest absolute Gasteiger partial charge is 0.282 e. The van der Waals surface area contributed by atoms with Crippen LogP contribution in [-0.2, 0) is 4.74 Å². The van der Waals surface area contributed by atoms with Crippen LogP contribution >= 0.6 is 0 Å². The second kappa shape index (κ2) is 5.46. The summed E-state index contributed by atoms with van der Waals surface area (Å²) < 4.78 is 5.55. The lowest BCUT2D eigenvalue weighted by molar-refractivity contribution is -0.385. The lowest BCUT2D eigenvalue weighted by Gasteiger charge is -2.23. The molecule has 1 aliphatic rings. The standard InChI is InChI=1S/C13H17N3O4/c1-13(5-2-6-20-13)8-15-12(17)10-7-9(14)3-4-11(10)16(18)19/h3-4,7H,2,5-6,8,14H2,1H3,(H,15,17). The van der Waals surface area contributed by atoms with E-state index in [0.717, 1.165) is 12.8 Å². The van der Waals surface area contributed by atoms with Crippen molar-refractivity contribution in [1.29, 1.82) is 0 Å². The second-order valence-electron chi connectivity index (χ2n) is 5.12. The average Bonchev–Trinajstić information content (AvgIpc) is 2.83. The molecule has 1 saturated heterocycles. The second-order valence-corrected chi connectivity index (χ2v) is 5.12. The number of ether oxygens (including phenoxy) is 1. The summed E-state index contributed by atoms with van der Waals surface area (Å²) >= 11 is 0.